The van der Waals surface area contributed by atoms with E-state index in [9.17, 15) is 4.79 Å². The molecule has 92 valence electrons. The van der Waals surface area contributed by atoms with Crippen molar-refractivity contribution < 1.29 is 4.79 Å². The fraction of sp³-hybridized carbons (Fsp3) is 0.286. The number of nitrogens with one attached hydrogen (secondary N) is 1. The Hall–Kier alpha value is -1.61. The number of pyridine rings is 1. The number of alkyl halides is 1. The van der Waals surface area contributed by atoms with Gasteiger partial charge in [0.05, 0.1) is 11.1 Å². The van der Waals surface area contributed by atoms with Gasteiger partial charge in [-0.25, -0.2) is 0 Å². The molecule has 0 saturated heterocycles. The summed E-state index contributed by atoms with van der Waals surface area (Å²) in [7, 11) is 0. The number of rotatable bonds is 3. The molecule has 0 atom stereocenters. The lowest BCUT2D eigenvalue weighted by Gasteiger charge is -2.14. The molecule has 1 heterocycles. The van der Waals surface area contributed by atoms with Gasteiger partial charge in [-0.2, -0.15) is 0 Å². The first-order chi connectivity index (χ1) is 8.72. The van der Waals surface area contributed by atoms with E-state index in [-0.39, 0.29) is 11.4 Å². The number of hydrogen-bond acceptors (Lipinski definition) is 2. The lowest BCUT2D eigenvalue weighted by atomic mass is 10.1. The van der Waals surface area contributed by atoms with E-state index in [1.165, 1.54) is 0 Å². The van der Waals surface area contributed by atoms with E-state index in [0.717, 1.165) is 23.7 Å². The topological polar surface area (TPSA) is 42.0 Å². The Morgan fingerprint density at radius 3 is 2.94 bits per heavy atom. The zero-order chi connectivity index (χ0) is 12.6. The van der Waals surface area contributed by atoms with Crippen LogP contribution in [0.4, 0.5) is 0 Å². The second-order valence-electron chi connectivity index (χ2n) is 4.78. The van der Waals surface area contributed by atoms with E-state index < -0.39 is 0 Å². The molecule has 1 amide bonds. The van der Waals surface area contributed by atoms with Crippen molar-refractivity contribution in [2.75, 3.05) is 5.88 Å². The molecule has 0 radical (unpaired) electrons. The van der Waals surface area contributed by atoms with E-state index in [1.807, 2.05) is 24.3 Å². The first kappa shape index (κ1) is 11.5. The van der Waals surface area contributed by atoms with Crippen LogP contribution in [-0.2, 0) is 0 Å². The SMILES string of the molecule is O=C(NC1(CCl)CC1)c1ccc2ncccc2c1. The number of amides is 1. The molecule has 4 heteroatoms. The summed E-state index contributed by atoms with van der Waals surface area (Å²) in [6.07, 6.45) is 3.68. The molecule has 0 spiro atoms. The van der Waals surface area contributed by atoms with Gasteiger partial charge in [0.15, 0.2) is 0 Å². The molecule has 1 aromatic heterocycles. The maximum absolute atomic E-state index is 12.1. The van der Waals surface area contributed by atoms with Crippen molar-refractivity contribution in [3.05, 3.63) is 42.1 Å². The van der Waals surface area contributed by atoms with Crippen LogP contribution >= 0.6 is 11.6 Å². The third kappa shape index (κ3) is 2.06. The lowest BCUT2D eigenvalue weighted by Crippen LogP contribution is -2.38. The van der Waals surface area contributed by atoms with Crippen LogP contribution in [0.3, 0.4) is 0 Å². The van der Waals surface area contributed by atoms with Gasteiger partial charge in [0.25, 0.3) is 5.91 Å². The maximum Gasteiger partial charge on any atom is 0.251 e. The van der Waals surface area contributed by atoms with Crippen molar-refractivity contribution in [3.63, 3.8) is 0 Å². The zero-order valence-corrected chi connectivity index (χ0v) is 10.6. The van der Waals surface area contributed by atoms with Gasteiger partial charge in [0.1, 0.15) is 0 Å². The lowest BCUT2D eigenvalue weighted by molar-refractivity contribution is 0.0936. The van der Waals surface area contributed by atoms with Crippen molar-refractivity contribution >= 4 is 28.4 Å². The molecule has 1 N–H and O–H groups in total. The van der Waals surface area contributed by atoms with Crippen molar-refractivity contribution in [1.82, 2.24) is 10.3 Å². The molecular formula is C14H13ClN2O. The minimum absolute atomic E-state index is 0.0566. The second-order valence-corrected chi connectivity index (χ2v) is 5.05. The number of carbonyl (C=O) groups excluding carboxylic acids is 1. The molecule has 18 heavy (non-hydrogen) atoms. The van der Waals surface area contributed by atoms with Gasteiger partial charge < -0.3 is 5.32 Å². The highest BCUT2D eigenvalue weighted by atomic mass is 35.5. The molecule has 0 unspecified atom stereocenters. The van der Waals surface area contributed by atoms with Gasteiger partial charge in [0.2, 0.25) is 0 Å². The summed E-state index contributed by atoms with van der Waals surface area (Å²) >= 11 is 5.86. The van der Waals surface area contributed by atoms with Crippen molar-refractivity contribution in [1.29, 1.82) is 0 Å². The molecule has 1 fully saturated rings. The van der Waals surface area contributed by atoms with Crippen molar-refractivity contribution in [3.8, 4) is 0 Å². The predicted octanol–water partition coefficient (Wildman–Crippen LogP) is 2.74. The first-order valence-corrected chi connectivity index (χ1v) is 6.49. The Kier molecular flexibility index (Phi) is 2.71. The van der Waals surface area contributed by atoms with Crippen LogP contribution in [0.5, 0.6) is 0 Å². The first-order valence-electron chi connectivity index (χ1n) is 5.96. The number of fused-ring (bicyclic) bond motifs is 1. The highest BCUT2D eigenvalue weighted by Crippen LogP contribution is 2.36. The van der Waals surface area contributed by atoms with Gasteiger partial charge >= 0.3 is 0 Å². The van der Waals surface area contributed by atoms with Gasteiger partial charge in [-0.15, -0.1) is 11.6 Å². The quantitative estimate of drug-likeness (QED) is 0.863. The van der Waals surface area contributed by atoms with E-state index in [1.54, 1.807) is 12.3 Å². The average Bonchev–Trinajstić information content (AvgIpc) is 3.18. The zero-order valence-electron chi connectivity index (χ0n) is 9.82. The standard InChI is InChI=1S/C14H13ClN2O/c15-9-14(5-6-14)17-13(18)11-3-4-12-10(8-11)2-1-7-16-12/h1-4,7-8H,5-6,9H2,(H,17,18). The van der Waals surface area contributed by atoms with Crippen LogP contribution in [0.15, 0.2) is 36.5 Å². The number of hydrogen-bond donors (Lipinski definition) is 1. The summed E-state index contributed by atoms with van der Waals surface area (Å²) in [6.45, 7) is 0. The molecular weight excluding hydrogens is 248 g/mol. The van der Waals surface area contributed by atoms with Crippen LogP contribution in [0.1, 0.15) is 23.2 Å². The van der Waals surface area contributed by atoms with Crippen molar-refractivity contribution in [2.45, 2.75) is 18.4 Å². The molecule has 3 nitrogen and oxygen atoms in total. The monoisotopic (exact) mass is 260 g/mol. The fourth-order valence-electron chi connectivity index (χ4n) is 1.97. The number of aromatic nitrogens is 1. The molecule has 1 aromatic carbocycles. The van der Waals surface area contributed by atoms with Crippen LogP contribution in [-0.4, -0.2) is 22.3 Å². The number of benzene rings is 1. The summed E-state index contributed by atoms with van der Waals surface area (Å²) in [5.74, 6) is 0.423. The Labute approximate surface area is 110 Å². The van der Waals surface area contributed by atoms with Crippen LogP contribution < -0.4 is 5.32 Å². The van der Waals surface area contributed by atoms with Gasteiger partial charge in [-0.3, -0.25) is 9.78 Å². The van der Waals surface area contributed by atoms with Gasteiger partial charge in [-0.05, 0) is 37.1 Å². The van der Waals surface area contributed by atoms with Crippen molar-refractivity contribution in [2.24, 2.45) is 0 Å². The third-order valence-corrected chi connectivity index (χ3v) is 3.86. The maximum atomic E-state index is 12.1. The smallest absolute Gasteiger partial charge is 0.251 e. The number of halogens is 1. The van der Waals surface area contributed by atoms with E-state index in [0.29, 0.717) is 11.4 Å². The summed E-state index contributed by atoms with van der Waals surface area (Å²) in [4.78, 5) is 16.3. The Balaban J connectivity index is 1.87. The Morgan fingerprint density at radius 1 is 1.39 bits per heavy atom. The molecule has 0 bridgehead atoms. The highest BCUT2D eigenvalue weighted by Gasteiger charge is 2.43. The van der Waals surface area contributed by atoms with Crippen LogP contribution in [0.25, 0.3) is 10.9 Å². The van der Waals surface area contributed by atoms with Gasteiger partial charge in [-0.1, -0.05) is 6.07 Å². The highest BCUT2D eigenvalue weighted by molar-refractivity contribution is 6.19. The minimum Gasteiger partial charge on any atom is -0.345 e. The Bertz CT molecular complexity index is 608. The number of carbonyl (C=O) groups is 1. The summed E-state index contributed by atoms with van der Waals surface area (Å²) in [5, 5.41) is 3.98. The fourth-order valence-corrected chi connectivity index (χ4v) is 2.31. The molecule has 3 rings (SSSR count). The number of nitrogens with zero attached hydrogens (tertiary/aromatic N) is 1. The van der Waals surface area contributed by atoms with E-state index >= 15 is 0 Å². The van der Waals surface area contributed by atoms with Crippen LogP contribution in [0, 0.1) is 0 Å². The Morgan fingerprint density at radius 2 is 2.22 bits per heavy atom. The predicted molar refractivity (Wildman–Crippen MR) is 71.9 cm³/mol. The molecule has 0 aliphatic heterocycles. The van der Waals surface area contributed by atoms with E-state index in [4.69, 9.17) is 11.6 Å². The molecule has 1 saturated carbocycles. The van der Waals surface area contributed by atoms with Crippen LogP contribution in [0.2, 0.25) is 0 Å². The average molecular weight is 261 g/mol. The normalized spacial score (nSPS) is 16.5. The molecule has 1 aliphatic carbocycles. The van der Waals surface area contributed by atoms with Gasteiger partial charge in [0, 0.05) is 23.0 Å². The third-order valence-electron chi connectivity index (χ3n) is 3.35. The summed E-state index contributed by atoms with van der Waals surface area (Å²) < 4.78 is 0. The minimum atomic E-state index is -0.164. The molecule has 1 aliphatic rings. The summed E-state index contributed by atoms with van der Waals surface area (Å²) in [5.41, 5.74) is 1.39. The molecule has 2 aromatic rings. The largest absolute Gasteiger partial charge is 0.345 e. The van der Waals surface area contributed by atoms with E-state index in [2.05, 4.69) is 10.3 Å². The summed E-state index contributed by atoms with van der Waals surface area (Å²) in [6, 6.07) is 9.35. The second kappa shape index (κ2) is 4.25.